The largest absolute Gasteiger partial charge is 0.448 e. The number of nitro groups is 1. The van der Waals surface area contributed by atoms with E-state index < -0.39 is 46.0 Å². The van der Waals surface area contributed by atoms with Crippen LogP contribution in [0.5, 0.6) is 0 Å². The van der Waals surface area contributed by atoms with Crippen molar-refractivity contribution in [2.75, 3.05) is 5.32 Å². The van der Waals surface area contributed by atoms with Crippen molar-refractivity contribution in [3.63, 3.8) is 0 Å². The van der Waals surface area contributed by atoms with E-state index in [9.17, 15) is 32.9 Å². The lowest BCUT2D eigenvalue weighted by atomic mass is 10.1. The van der Waals surface area contributed by atoms with Crippen LogP contribution in [-0.4, -0.2) is 22.9 Å². The SMILES string of the molecule is CCc1sc(C(=O)OC(C)C(=O)Nc2ccc([N+](=O)[O-])cc2C(F)(F)F)cc1C. The van der Waals surface area contributed by atoms with Crippen molar-refractivity contribution < 1.29 is 32.4 Å². The summed E-state index contributed by atoms with van der Waals surface area (Å²) in [6.07, 6.45) is -5.59. The van der Waals surface area contributed by atoms with E-state index >= 15 is 0 Å². The Morgan fingerprint density at radius 1 is 1.31 bits per heavy atom. The number of halogens is 3. The first-order valence-electron chi connectivity index (χ1n) is 8.40. The second-order valence-electron chi connectivity index (χ2n) is 6.09. The predicted molar refractivity (Wildman–Crippen MR) is 100 cm³/mol. The number of rotatable bonds is 6. The van der Waals surface area contributed by atoms with Crippen molar-refractivity contribution in [2.45, 2.75) is 39.5 Å². The highest BCUT2D eigenvalue weighted by Gasteiger charge is 2.36. The van der Waals surface area contributed by atoms with Gasteiger partial charge >= 0.3 is 12.1 Å². The molecule has 0 saturated carbocycles. The zero-order chi connectivity index (χ0) is 21.9. The van der Waals surface area contributed by atoms with Crippen molar-refractivity contribution in [2.24, 2.45) is 0 Å². The van der Waals surface area contributed by atoms with Gasteiger partial charge in [0.1, 0.15) is 4.88 Å². The number of hydrogen-bond donors (Lipinski definition) is 1. The molecule has 1 heterocycles. The van der Waals surface area contributed by atoms with E-state index in [1.165, 1.54) is 18.3 Å². The van der Waals surface area contributed by atoms with Gasteiger partial charge in [-0.15, -0.1) is 11.3 Å². The van der Waals surface area contributed by atoms with E-state index in [1.54, 1.807) is 6.07 Å². The highest BCUT2D eigenvalue weighted by molar-refractivity contribution is 7.14. The first-order valence-corrected chi connectivity index (χ1v) is 9.22. The molecule has 1 unspecified atom stereocenters. The van der Waals surface area contributed by atoms with Crippen molar-refractivity contribution in [1.29, 1.82) is 0 Å². The lowest BCUT2D eigenvalue weighted by Crippen LogP contribution is -2.30. The maximum atomic E-state index is 13.2. The average Bonchev–Trinajstić information content (AvgIpc) is 3.01. The van der Waals surface area contributed by atoms with Gasteiger partial charge in [0.25, 0.3) is 11.6 Å². The monoisotopic (exact) mass is 430 g/mol. The Balaban J connectivity index is 2.16. The molecule has 1 aromatic heterocycles. The maximum absolute atomic E-state index is 13.2. The standard InChI is InChI=1S/C18H17F3N2O5S/c1-4-14-9(2)7-15(29-14)17(25)28-10(3)16(24)22-13-6-5-11(23(26)27)8-12(13)18(19,20)21/h5-8,10H,4H2,1-3H3,(H,22,24). The number of nitrogens with one attached hydrogen (secondary N) is 1. The fourth-order valence-corrected chi connectivity index (χ4v) is 3.46. The molecule has 29 heavy (non-hydrogen) atoms. The van der Waals surface area contributed by atoms with Crippen LogP contribution in [0, 0.1) is 17.0 Å². The van der Waals surface area contributed by atoms with Crippen LogP contribution in [0.25, 0.3) is 0 Å². The second kappa shape index (κ2) is 8.60. The van der Waals surface area contributed by atoms with E-state index in [1.807, 2.05) is 19.2 Å². The molecule has 0 aliphatic rings. The molecule has 2 aromatic rings. The number of aryl methyl sites for hydroxylation is 2. The summed E-state index contributed by atoms with van der Waals surface area (Å²) in [5, 5.41) is 12.7. The van der Waals surface area contributed by atoms with Gasteiger partial charge in [0, 0.05) is 17.0 Å². The number of nitrogens with zero attached hydrogens (tertiary/aromatic N) is 1. The summed E-state index contributed by atoms with van der Waals surface area (Å²) in [6, 6.07) is 3.56. The van der Waals surface area contributed by atoms with Crippen molar-refractivity contribution in [3.05, 3.63) is 55.3 Å². The number of thiophene rings is 1. The van der Waals surface area contributed by atoms with Crippen LogP contribution >= 0.6 is 11.3 Å². The summed E-state index contributed by atoms with van der Waals surface area (Å²) in [7, 11) is 0. The minimum absolute atomic E-state index is 0.283. The molecule has 0 aliphatic carbocycles. The molecule has 0 fully saturated rings. The van der Waals surface area contributed by atoms with Gasteiger partial charge in [-0.1, -0.05) is 6.92 Å². The Hall–Kier alpha value is -2.95. The summed E-state index contributed by atoms with van der Waals surface area (Å²) in [5.41, 5.74) is -1.91. The van der Waals surface area contributed by atoms with Crippen molar-refractivity contribution in [3.8, 4) is 0 Å². The summed E-state index contributed by atoms with van der Waals surface area (Å²) >= 11 is 1.22. The number of esters is 1. The van der Waals surface area contributed by atoms with Gasteiger partial charge in [-0.25, -0.2) is 4.79 Å². The van der Waals surface area contributed by atoms with Crippen LogP contribution in [-0.2, 0) is 22.1 Å². The molecule has 1 atom stereocenters. The molecule has 0 spiro atoms. The zero-order valence-electron chi connectivity index (χ0n) is 15.6. The Labute approximate surface area is 167 Å². The number of hydrogen-bond acceptors (Lipinski definition) is 6. The Kier molecular flexibility index (Phi) is 6.62. The zero-order valence-corrected chi connectivity index (χ0v) is 16.4. The summed E-state index contributed by atoms with van der Waals surface area (Å²) in [5.74, 6) is -1.76. The molecule has 0 saturated heterocycles. The normalized spacial score (nSPS) is 12.3. The molecule has 156 valence electrons. The van der Waals surface area contributed by atoms with Gasteiger partial charge in [0.2, 0.25) is 0 Å². The lowest BCUT2D eigenvalue weighted by Gasteiger charge is -2.16. The van der Waals surface area contributed by atoms with Crippen LogP contribution < -0.4 is 5.32 Å². The number of benzene rings is 1. The molecule has 0 radical (unpaired) electrons. The first kappa shape index (κ1) is 22.3. The average molecular weight is 430 g/mol. The fourth-order valence-electron chi connectivity index (χ4n) is 2.47. The predicted octanol–water partition coefficient (Wildman–Crippen LogP) is 4.73. The number of nitro benzene ring substituents is 1. The van der Waals surface area contributed by atoms with Crippen LogP contribution in [0.3, 0.4) is 0 Å². The topological polar surface area (TPSA) is 98.5 Å². The second-order valence-corrected chi connectivity index (χ2v) is 7.23. The Morgan fingerprint density at radius 2 is 1.97 bits per heavy atom. The van der Waals surface area contributed by atoms with Gasteiger partial charge in [0.15, 0.2) is 6.10 Å². The highest BCUT2D eigenvalue weighted by atomic mass is 32.1. The molecule has 0 bridgehead atoms. The van der Waals surface area contributed by atoms with E-state index in [0.29, 0.717) is 6.07 Å². The number of anilines is 1. The minimum atomic E-state index is -4.93. The molecule has 1 aromatic carbocycles. The van der Waals surface area contributed by atoms with Gasteiger partial charge in [-0.2, -0.15) is 13.2 Å². The lowest BCUT2D eigenvalue weighted by molar-refractivity contribution is -0.385. The third-order valence-corrected chi connectivity index (χ3v) is 5.33. The Morgan fingerprint density at radius 3 is 2.48 bits per heavy atom. The number of carbonyl (C=O) groups excluding carboxylic acids is 2. The van der Waals surface area contributed by atoms with Crippen LogP contribution in [0.1, 0.15) is 39.5 Å². The molecule has 11 heteroatoms. The van der Waals surface area contributed by atoms with Crippen molar-refractivity contribution in [1.82, 2.24) is 0 Å². The summed E-state index contributed by atoms with van der Waals surface area (Å²) < 4.78 is 44.6. The van der Waals surface area contributed by atoms with E-state index in [4.69, 9.17) is 4.74 Å². The highest BCUT2D eigenvalue weighted by Crippen LogP contribution is 2.37. The molecule has 0 aliphatic heterocycles. The van der Waals surface area contributed by atoms with Crippen LogP contribution in [0.2, 0.25) is 0 Å². The number of amides is 1. The number of ether oxygens (including phenoxy) is 1. The van der Waals surface area contributed by atoms with E-state index in [-0.39, 0.29) is 4.88 Å². The fraction of sp³-hybridized carbons (Fsp3) is 0.333. The minimum Gasteiger partial charge on any atom is -0.448 e. The molecule has 1 N–H and O–H groups in total. The van der Waals surface area contributed by atoms with Gasteiger partial charge in [-0.3, -0.25) is 14.9 Å². The van der Waals surface area contributed by atoms with Gasteiger partial charge < -0.3 is 10.1 Å². The molecular formula is C18H17F3N2O5S. The summed E-state index contributed by atoms with van der Waals surface area (Å²) in [4.78, 5) is 35.4. The van der Waals surface area contributed by atoms with Crippen LogP contribution in [0.4, 0.5) is 24.5 Å². The summed E-state index contributed by atoms with van der Waals surface area (Å²) in [6.45, 7) is 4.97. The number of non-ortho nitro benzene ring substituents is 1. The van der Waals surface area contributed by atoms with Crippen molar-refractivity contribution >= 4 is 34.6 Å². The van der Waals surface area contributed by atoms with E-state index in [0.717, 1.165) is 29.0 Å². The van der Waals surface area contributed by atoms with Crippen LogP contribution in [0.15, 0.2) is 24.3 Å². The maximum Gasteiger partial charge on any atom is 0.418 e. The smallest absolute Gasteiger partial charge is 0.418 e. The quantitative estimate of drug-likeness (QED) is 0.406. The molecule has 7 nitrogen and oxygen atoms in total. The molecule has 2 rings (SSSR count). The first-order chi connectivity index (χ1) is 13.4. The third-order valence-electron chi connectivity index (χ3n) is 3.97. The number of carbonyl (C=O) groups is 2. The van der Waals surface area contributed by atoms with Gasteiger partial charge in [0.05, 0.1) is 16.2 Å². The molecular weight excluding hydrogens is 413 g/mol. The van der Waals surface area contributed by atoms with Gasteiger partial charge in [-0.05, 0) is 38.0 Å². The Bertz CT molecular complexity index is 955. The molecule has 1 amide bonds. The number of alkyl halides is 3. The third kappa shape index (κ3) is 5.31. The van der Waals surface area contributed by atoms with E-state index in [2.05, 4.69) is 0 Å².